The molecule has 168 valence electrons. The Hall–Kier alpha value is -4.20. The van der Waals surface area contributed by atoms with Crippen LogP contribution in [-0.4, -0.2) is 33.0 Å². The molecule has 0 aromatic heterocycles. The summed E-state index contributed by atoms with van der Waals surface area (Å²) in [6, 6.07) is 16.9. The maximum atomic E-state index is 13.8. The Morgan fingerprint density at radius 3 is 2.21 bits per heavy atom. The summed E-state index contributed by atoms with van der Waals surface area (Å²) in [4.78, 5) is 29.9. The van der Waals surface area contributed by atoms with Crippen molar-refractivity contribution in [2.24, 2.45) is 0 Å². The number of amides is 2. The molecule has 0 aliphatic carbocycles. The largest absolute Gasteiger partial charge is 0.496 e. The van der Waals surface area contributed by atoms with E-state index < -0.39 is 23.4 Å². The highest BCUT2D eigenvalue weighted by molar-refractivity contribution is 6.46. The lowest BCUT2D eigenvalue weighted by Crippen LogP contribution is -2.32. The van der Waals surface area contributed by atoms with Crippen molar-refractivity contribution in [3.8, 4) is 5.75 Å². The highest BCUT2D eigenvalue weighted by atomic mass is 19.2. The lowest BCUT2D eigenvalue weighted by molar-refractivity contribution is -0.120. The number of anilines is 3. The fourth-order valence-corrected chi connectivity index (χ4v) is 3.60. The summed E-state index contributed by atoms with van der Waals surface area (Å²) < 4.78 is 32.6. The SMILES string of the molecule is COc1ccccc1C1=C(Nc2ccc(F)c(F)c2)C(=O)N(c2ccc(N(C)C)cc2)C1=O. The van der Waals surface area contributed by atoms with E-state index in [2.05, 4.69) is 5.32 Å². The van der Waals surface area contributed by atoms with Crippen LogP contribution >= 0.6 is 0 Å². The number of benzene rings is 3. The number of nitrogens with one attached hydrogen (secondary N) is 1. The van der Waals surface area contributed by atoms with Gasteiger partial charge in [0.05, 0.1) is 18.4 Å². The molecule has 2 amide bonds. The van der Waals surface area contributed by atoms with Crippen molar-refractivity contribution >= 4 is 34.4 Å². The van der Waals surface area contributed by atoms with Crippen LogP contribution in [-0.2, 0) is 9.59 Å². The molecule has 8 heteroatoms. The molecular formula is C25H21F2N3O3. The summed E-state index contributed by atoms with van der Waals surface area (Å²) in [5.41, 5.74) is 1.81. The monoisotopic (exact) mass is 449 g/mol. The zero-order chi connectivity index (χ0) is 23.7. The number of carbonyl (C=O) groups excluding carboxylic acids is 2. The summed E-state index contributed by atoms with van der Waals surface area (Å²) in [5, 5.41) is 2.82. The van der Waals surface area contributed by atoms with E-state index in [1.807, 2.05) is 19.0 Å². The van der Waals surface area contributed by atoms with Gasteiger partial charge in [0.2, 0.25) is 0 Å². The molecule has 0 fully saturated rings. The molecule has 0 unspecified atom stereocenters. The maximum Gasteiger partial charge on any atom is 0.282 e. The van der Waals surface area contributed by atoms with Crippen LogP contribution in [0.25, 0.3) is 5.57 Å². The molecule has 3 aromatic carbocycles. The summed E-state index contributed by atoms with van der Waals surface area (Å²) in [5.74, 6) is -2.89. The summed E-state index contributed by atoms with van der Waals surface area (Å²) in [6.45, 7) is 0. The number of ether oxygens (including phenoxy) is 1. The van der Waals surface area contributed by atoms with Crippen molar-refractivity contribution < 1.29 is 23.1 Å². The average Bonchev–Trinajstić information content (AvgIpc) is 3.05. The van der Waals surface area contributed by atoms with E-state index >= 15 is 0 Å². The number of methoxy groups -OCH3 is 1. The third-order valence-electron chi connectivity index (χ3n) is 5.27. The molecular weight excluding hydrogens is 428 g/mol. The number of hydrogen-bond donors (Lipinski definition) is 1. The van der Waals surface area contributed by atoms with Crippen molar-refractivity contribution in [1.82, 2.24) is 0 Å². The van der Waals surface area contributed by atoms with Crippen LogP contribution in [0.2, 0.25) is 0 Å². The Balaban J connectivity index is 1.83. The Bertz CT molecular complexity index is 1270. The van der Waals surface area contributed by atoms with Gasteiger partial charge in [-0.05, 0) is 42.5 Å². The molecule has 1 heterocycles. The number of nitrogens with zero attached hydrogens (tertiary/aromatic N) is 2. The molecule has 0 saturated carbocycles. The zero-order valence-corrected chi connectivity index (χ0v) is 18.2. The van der Waals surface area contributed by atoms with Gasteiger partial charge in [0, 0.05) is 37.1 Å². The first-order chi connectivity index (χ1) is 15.8. The first-order valence-electron chi connectivity index (χ1n) is 10.1. The third-order valence-corrected chi connectivity index (χ3v) is 5.27. The predicted octanol–water partition coefficient (Wildman–Crippen LogP) is 4.44. The van der Waals surface area contributed by atoms with Crippen molar-refractivity contribution in [2.45, 2.75) is 0 Å². The van der Waals surface area contributed by atoms with E-state index in [0.717, 1.165) is 22.7 Å². The van der Waals surface area contributed by atoms with Crippen LogP contribution < -0.4 is 19.9 Å². The molecule has 3 aromatic rings. The molecule has 0 radical (unpaired) electrons. The van der Waals surface area contributed by atoms with Crippen LogP contribution in [0.1, 0.15) is 5.56 Å². The third kappa shape index (κ3) is 4.03. The standard InChI is InChI=1S/C25H21F2N3O3/c1-29(2)16-9-11-17(12-10-16)30-24(31)22(18-6-4-5-7-21(18)33-3)23(25(30)32)28-15-8-13-19(26)20(27)14-15/h4-14,28H,1-3H3. The molecule has 1 N–H and O–H groups in total. The van der Waals surface area contributed by atoms with Gasteiger partial charge >= 0.3 is 0 Å². The molecule has 0 spiro atoms. The number of rotatable bonds is 6. The first kappa shape index (κ1) is 22.0. The number of carbonyl (C=O) groups is 2. The van der Waals surface area contributed by atoms with Crippen molar-refractivity contribution in [2.75, 3.05) is 36.3 Å². The van der Waals surface area contributed by atoms with E-state index in [-0.39, 0.29) is 17.0 Å². The minimum atomic E-state index is -1.08. The molecule has 1 aliphatic heterocycles. The molecule has 6 nitrogen and oxygen atoms in total. The average molecular weight is 449 g/mol. The molecule has 0 atom stereocenters. The topological polar surface area (TPSA) is 61.9 Å². The minimum absolute atomic E-state index is 0.0628. The lowest BCUT2D eigenvalue weighted by atomic mass is 10.0. The van der Waals surface area contributed by atoms with E-state index in [4.69, 9.17) is 4.74 Å². The maximum absolute atomic E-state index is 13.8. The van der Waals surface area contributed by atoms with E-state index in [9.17, 15) is 18.4 Å². The van der Waals surface area contributed by atoms with Crippen LogP contribution in [0.5, 0.6) is 5.75 Å². The lowest BCUT2D eigenvalue weighted by Gasteiger charge is -2.18. The smallest absolute Gasteiger partial charge is 0.282 e. The Kier molecular flexibility index (Phi) is 5.83. The van der Waals surface area contributed by atoms with Crippen molar-refractivity contribution in [3.63, 3.8) is 0 Å². The normalized spacial score (nSPS) is 13.5. The van der Waals surface area contributed by atoms with Crippen LogP contribution in [0.3, 0.4) is 0 Å². The molecule has 4 rings (SSSR count). The van der Waals surface area contributed by atoms with E-state index in [0.29, 0.717) is 17.0 Å². The van der Waals surface area contributed by atoms with E-state index in [1.54, 1.807) is 48.5 Å². The summed E-state index contributed by atoms with van der Waals surface area (Å²) >= 11 is 0. The Morgan fingerprint density at radius 1 is 0.879 bits per heavy atom. The van der Waals surface area contributed by atoms with Crippen molar-refractivity contribution in [1.29, 1.82) is 0 Å². The number of para-hydroxylation sites is 1. The van der Waals surface area contributed by atoms with Gasteiger partial charge in [0.15, 0.2) is 11.6 Å². The van der Waals surface area contributed by atoms with Crippen LogP contribution in [0, 0.1) is 11.6 Å². The molecule has 0 saturated heterocycles. The van der Waals surface area contributed by atoms with Gasteiger partial charge in [-0.25, -0.2) is 13.7 Å². The second kappa shape index (κ2) is 8.74. The van der Waals surface area contributed by atoms with Gasteiger partial charge in [0.25, 0.3) is 11.8 Å². The van der Waals surface area contributed by atoms with Gasteiger partial charge in [-0.1, -0.05) is 18.2 Å². The van der Waals surface area contributed by atoms with Gasteiger partial charge < -0.3 is 15.0 Å². The fourth-order valence-electron chi connectivity index (χ4n) is 3.60. The van der Waals surface area contributed by atoms with Gasteiger partial charge in [0.1, 0.15) is 11.4 Å². The highest BCUT2D eigenvalue weighted by Crippen LogP contribution is 2.37. The Morgan fingerprint density at radius 2 is 1.58 bits per heavy atom. The molecule has 0 bridgehead atoms. The second-order valence-corrected chi connectivity index (χ2v) is 7.56. The predicted molar refractivity (Wildman–Crippen MR) is 123 cm³/mol. The quantitative estimate of drug-likeness (QED) is 0.564. The zero-order valence-electron chi connectivity index (χ0n) is 18.2. The van der Waals surface area contributed by atoms with Gasteiger partial charge in [-0.15, -0.1) is 0 Å². The number of imide groups is 1. The van der Waals surface area contributed by atoms with Gasteiger partial charge in [-0.2, -0.15) is 0 Å². The van der Waals surface area contributed by atoms with E-state index in [1.165, 1.54) is 13.2 Å². The molecule has 1 aliphatic rings. The Labute approximate surface area is 189 Å². The minimum Gasteiger partial charge on any atom is -0.496 e. The second-order valence-electron chi connectivity index (χ2n) is 7.56. The first-order valence-corrected chi connectivity index (χ1v) is 10.1. The van der Waals surface area contributed by atoms with Crippen LogP contribution in [0.15, 0.2) is 72.4 Å². The van der Waals surface area contributed by atoms with Crippen molar-refractivity contribution in [3.05, 3.63) is 89.6 Å². The molecule has 33 heavy (non-hydrogen) atoms. The highest BCUT2D eigenvalue weighted by Gasteiger charge is 2.41. The summed E-state index contributed by atoms with van der Waals surface area (Å²) in [7, 11) is 5.22. The number of halogens is 2. The van der Waals surface area contributed by atoms with Crippen LogP contribution in [0.4, 0.5) is 25.8 Å². The summed E-state index contributed by atoms with van der Waals surface area (Å²) in [6.07, 6.45) is 0. The fraction of sp³-hybridized carbons (Fsp3) is 0.120. The van der Waals surface area contributed by atoms with Gasteiger partial charge in [-0.3, -0.25) is 9.59 Å². The number of hydrogen-bond acceptors (Lipinski definition) is 5.